The highest BCUT2D eigenvalue weighted by Gasteiger charge is 2.01. The van der Waals surface area contributed by atoms with Gasteiger partial charge in [0.2, 0.25) is 0 Å². The third-order valence-corrected chi connectivity index (χ3v) is 3.24. The minimum Gasteiger partial charge on any atom is -0.481 e. The Bertz CT molecular complexity index is 208. The van der Waals surface area contributed by atoms with Crippen molar-refractivity contribution in [3.63, 3.8) is 0 Å². The van der Waals surface area contributed by atoms with Gasteiger partial charge in [0.05, 0.1) is 0 Å². The number of unbranched alkanes of at least 4 members (excludes halogenated alkanes) is 3. The number of hydrogen-bond acceptors (Lipinski definition) is 3. The summed E-state index contributed by atoms with van der Waals surface area (Å²) in [5.41, 5.74) is 0. The van der Waals surface area contributed by atoms with E-state index in [0.29, 0.717) is 12.5 Å². The van der Waals surface area contributed by atoms with Gasteiger partial charge in [-0.1, -0.05) is 6.42 Å². The van der Waals surface area contributed by atoms with Crippen molar-refractivity contribution in [2.75, 3.05) is 26.7 Å². The maximum absolute atomic E-state index is 10.3. The fraction of sp³-hybridized carbons (Fsp3) is 0.929. The summed E-state index contributed by atoms with van der Waals surface area (Å²) in [7, 11) is 2.17. The molecule has 0 aliphatic rings. The van der Waals surface area contributed by atoms with Crippen LogP contribution in [0.25, 0.3) is 0 Å². The van der Waals surface area contributed by atoms with Crippen LogP contribution >= 0.6 is 0 Å². The van der Waals surface area contributed by atoms with E-state index in [1.807, 2.05) is 0 Å². The number of carboxylic acid groups (broad SMARTS) is 1. The van der Waals surface area contributed by atoms with Crippen molar-refractivity contribution >= 4 is 5.97 Å². The molecule has 0 rings (SSSR count). The summed E-state index contributed by atoms with van der Waals surface area (Å²) in [6.07, 6.45) is 5.65. The molecule has 0 amide bonds. The fourth-order valence-electron chi connectivity index (χ4n) is 1.70. The smallest absolute Gasteiger partial charge is 0.303 e. The normalized spacial score (nSPS) is 11.4. The molecular weight excluding hydrogens is 228 g/mol. The fourth-order valence-corrected chi connectivity index (χ4v) is 1.70. The molecule has 0 spiro atoms. The molecule has 108 valence electrons. The lowest BCUT2D eigenvalue weighted by atomic mass is 10.2. The second-order valence-electron chi connectivity index (χ2n) is 5.24. The second kappa shape index (κ2) is 11.5. The van der Waals surface area contributed by atoms with Crippen LogP contribution in [0.15, 0.2) is 0 Å². The van der Waals surface area contributed by atoms with E-state index in [1.165, 1.54) is 12.8 Å². The third kappa shape index (κ3) is 11.9. The molecule has 0 radical (unpaired) electrons. The average Bonchev–Trinajstić information content (AvgIpc) is 2.30. The van der Waals surface area contributed by atoms with Crippen LogP contribution in [0.1, 0.15) is 52.4 Å². The summed E-state index contributed by atoms with van der Waals surface area (Å²) in [5.74, 6) is -0.683. The quantitative estimate of drug-likeness (QED) is 0.528. The minimum absolute atomic E-state index is 0.307. The first-order valence-electron chi connectivity index (χ1n) is 7.16. The van der Waals surface area contributed by atoms with E-state index < -0.39 is 5.97 Å². The van der Waals surface area contributed by atoms with Crippen molar-refractivity contribution in [1.29, 1.82) is 0 Å². The van der Waals surface area contributed by atoms with Crippen LogP contribution < -0.4 is 5.32 Å². The first-order valence-corrected chi connectivity index (χ1v) is 7.16. The van der Waals surface area contributed by atoms with Crippen LogP contribution in [-0.4, -0.2) is 48.7 Å². The highest BCUT2D eigenvalue weighted by Crippen LogP contribution is 1.99. The Hall–Kier alpha value is -0.610. The van der Waals surface area contributed by atoms with Crippen LogP contribution in [0.3, 0.4) is 0 Å². The minimum atomic E-state index is -0.683. The largest absolute Gasteiger partial charge is 0.481 e. The SMILES string of the molecule is CC(C)N(C)CCCCNCCCCCC(=O)O. The van der Waals surface area contributed by atoms with E-state index in [0.717, 1.165) is 38.9 Å². The maximum Gasteiger partial charge on any atom is 0.303 e. The highest BCUT2D eigenvalue weighted by atomic mass is 16.4. The Kier molecular flexibility index (Phi) is 11.1. The van der Waals surface area contributed by atoms with E-state index in [-0.39, 0.29) is 0 Å². The second-order valence-corrected chi connectivity index (χ2v) is 5.24. The van der Waals surface area contributed by atoms with Crippen LogP contribution in [0.5, 0.6) is 0 Å². The summed E-state index contributed by atoms with van der Waals surface area (Å²) >= 11 is 0. The molecule has 0 unspecified atom stereocenters. The number of nitrogens with one attached hydrogen (secondary N) is 1. The van der Waals surface area contributed by atoms with Crippen molar-refractivity contribution in [2.24, 2.45) is 0 Å². The lowest BCUT2D eigenvalue weighted by Crippen LogP contribution is -2.28. The molecular formula is C14H30N2O2. The Balaban J connectivity index is 3.10. The highest BCUT2D eigenvalue weighted by molar-refractivity contribution is 5.66. The van der Waals surface area contributed by atoms with Crippen LogP contribution in [0.4, 0.5) is 0 Å². The standard InChI is InChI=1S/C14H30N2O2/c1-13(2)16(3)12-8-7-11-15-10-6-4-5-9-14(17)18/h13,15H,4-12H2,1-3H3,(H,17,18). The molecule has 4 nitrogen and oxygen atoms in total. The zero-order valence-electron chi connectivity index (χ0n) is 12.2. The van der Waals surface area contributed by atoms with Crippen molar-refractivity contribution in [1.82, 2.24) is 10.2 Å². The molecule has 0 aliphatic heterocycles. The van der Waals surface area contributed by atoms with Gasteiger partial charge in [-0.05, 0) is 66.2 Å². The Morgan fingerprint density at radius 1 is 1.11 bits per heavy atom. The van der Waals surface area contributed by atoms with Gasteiger partial charge in [0.25, 0.3) is 0 Å². The Morgan fingerprint density at radius 3 is 2.28 bits per heavy atom. The predicted molar refractivity (Wildman–Crippen MR) is 76.0 cm³/mol. The summed E-state index contributed by atoms with van der Waals surface area (Å²) in [6.45, 7) is 7.69. The first-order chi connectivity index (χ1) is 8.54. The number of nitrogens with zero attached hydrogens (tertiary/aromatic N) is 1. The van der Waals surface area contributed by atoms with E-state index in [9.17, 15) is 4.79 Å². The molecule has 0 fully saturated rings. The number of rotatable bonds is 12. The molecule has 0 aliphatic carbocycles. The lowest BCUT2D eigenvalue weighted by Gasteiger charge is -2.20. The van der Waals surface area contributed by atoms with Crippen LogP contribution in [0, 0.1) is 0 Å². The summed E-state index contributed by atoms with van der Waals surface area (Å²) < 4.78 is 0. The van der Waals surface area contributed by atoms with Crippen molar-refractivity contribution in [2.45, 2.75) is 58.4 Å². The number of hydrogen-bond donors (Lipinski definition) is 2. The van der Waals surface area contributed by atoms with Gasteiger partial charge >= 0.3 is 5.97 Å². The Labute approximate surface area is 112 Å². The third-order valence-electron chi connectivity index (χ3n) is 3.24. The summed E-state index contributed by atoms with van der Waals surface area (Å²) in [6, 6.07) is 0.632. The van der Waals surface area contributed by atoms with E-state index in [4.69, 9.17) is 5.11 Å². The molecule has 0 aromatic carbocycles. The molecule has 0 heterocycles. The molecule has 4 heteroatoms. The first kappa shape index (κ1) is 17.4. The van der Waals surface area contributed by atoms with Crippen molar-refractivity contribution < 1.29 is 9.90 Å². The van der Waals surface area contributed by atoms with E-state index >= 15 is 0 Å². The summed E-state index contributed by atoms with van der Waals surface area (Å²) in [5, 5.41) is 11.9. The lowest BCUT2D eigenvalue weighted by molar-refractivity contribution is -0.137. The number of carboxylic acids is 1. The molecule has 0 aromatic heterocycles. The summed E-state index contributed by atoms with van der Waals surface area (Å²) in [4.78, 5) is 12.7. The Morgan fingerprint density at radius 2 is 1.72 bits per heavy atom. The molecule has 0 bridgehead atoms. The van der Waals surface area contributed by atoms with Gasteiger partial charge in [0.1, 0.15) is 0 Å². The van der Waals surface area contributed by atoms with Gasteiger partial charge in [0, 0.05) is 12.5 Å². The number of carbonyl (C=O) groups is 1. The van der Waals surface area contributed by atoms with Gasteiger partial charge in [-0.3, -0.25) is 4.79 Å². The monoisotopic (exact) mass is 258 g/mol. The van der Waals surface area contributed by atoms with E-state index in [1.54, 1.807) is 0 Å². The van der Waals surface area contributed by atoms with Gasteiger partial charge in [-0.15, -0.1) is 0 Å². The molecule has 0 saturated heterocycles. The van der Waals surface area contributed by atoms with Gasteiger partial charge in [-0.2, -0.15) is 0 Å². The number of aliphatic carboxylic acids is 1. The molecule has 2 N–H and O–H groups in total. The maximum atomic E-state index is 10.3. The van der Waals surface area contributed by atoms with Crippen LogP contribution in [-0.2, 0) is 4.79 Å². The van der Waals surface area contributed by atoms with Crippen molar-refractivity contribution in [3.8, 4) is 0 Å². The van der Waals surface area contributed by atoms with Gasteiger partial charge in [0.15, 0.2) is 0 Å². The zero-order chi connectivity index (χ0) is 13.8. The van der Waals surface area contributed by atoms with Gasteiger partial charge in [-0.25, -0.2) is 0 Å². The topological polar surface area (TPSA) is 52.6 Å². The average molecular weight is 258 g/mol. The molecule has 0 atom stereocenters. The van der Waals surface area contributed by atoms with Gasteiger partial charge < -0.3 is 15.3 Å². The zero-order valence-corrected chi connectivity index (χ0v) is 12.2. The van der Waals surface area contributed by atoms with Crippen molar-refractivity contribution in [3.05, 3.63) is 0 Å². The molecule has 0 saturated carbocycles. The van der Waals surface area contributed by atoms with Crippen LogP contribution in [0.2, 0.25) is 0 Å². The predicted octanol–water partition coefficient (Wildman–Crippen LogP) is 2.34. The molecule has 18 heavy (non-hydrogen) atoms. The molecule has 0 aromatic rings. The van der Waals surface area contributed by atoms with E-state index in [2.05, 4.69) is 31.1 Å².